The summed E-state index contributed by atoms with van der Waals surface area (Å²) in [5.74, 6) is 1.24. The lowest BCUT2D eigenvalue weighted by molar-refractivity contribution is -0.128. The molecule has 6 heteroatoms. The molecular weight excluding hydrogens is 258 g/mol. The van der Waals surface area contributed by atoms with Crippen molar-refractivity contribution >= 4 is 27.5 Å². The van der Waals surface area contributed by atoms with E-state index in [0.717, 1.165) is 25.9 Å². The molecule has 0 spiro atoms. The number of carbonyl (C=O) groups excluding carboxylic acids is 1. The zero-order valence-electron chi connectivity index (χ0n) is 10.4. The highest BCUT2D eigenvalue weighted by Gasteiger charge is 2.15. The van der Waals surface area contributed by atoms with Crippen LogP contribution in [0.3, 0.4) is 0 Å². The third-order valence-electron chi connectivity index (χ3n) is 2.78. The number of hydrogen-bond acceptors (Lipinski definition) is 4. The Labute approximate surface area is 108 Å². The van der Waals surface area contributed by atoms with Crippen LogP contribution in [-0.4, -0.2) is 55.8 Å². The lowest BCUT2D eigenvalue weighted by Crippen LogP contribution is -2.33. The lowest BCUT2D eigenvalue weighted by Gasteiger charge is -2.19. The normalized spacial score (nSPS) is 17.8. The Morgan fingerprint density at radius 3 is 2.29 bits per heavy atom. The molecule has 17 heavy (non-hydrogen) atoms. The minimum atomic E-state index is -2.90. The van der Waals surface area contributed by atoms with Gasteiger partial charge in [0.2, 0.25) is 5.91 Å². The number of hydrogen-bond donors (Lipinski definition) is 0. The summed E-state index contributed by atoms with van der Waals surface area (Å²) in [6.45, 7) is 1.73. The summed E-state index contributed by atoms with van der Waals surface area (Å²) in [6, 6.07) is 0. The average molecular weight is 279 g/mol. The SMILES string of the molecule is CS(=O)(=O)CCSCC(=O)N1CCCCCC1. The first-order chi connectivity index (χ1) is 7.99. The second-order valence-electron chi connectivity index (χ2n) is 4.48. The van der Waals surface area contributed by atoms with Gasteiger partial charge in [0.05, 0.1) is 11.5 Å². The summed E-state index contributed by atoms with van der Waals surface area (Å²) in [6.07, 6.45) is 5.85. The van der Waals surface area contributed by atoms with Gasteiger partial charge in [-0.2, -0.15) is 11.8 Å². The van der Waals surface area contributed by atoms with Crippen LogP contribution in [0.4, 0.5) is 0 Å². The van der Waals surface area contributed by atoms with Crippen molar-refractivity contribution in [3.05, 3.63) is 0 Å². The maximum Gasteiger partial charge on any atom is 0.232 e. The van der Waals surface area contributed by atoms with E-state index < -0.39 is 9.84 Å². The summed E-state index contributed by atoms with van der Waals surface area (Å²) in [4.78, 5) is 13.7. The number of carbonyl (C=O) groups is 1. The monoisotopic (exact) mass is 279 g/mol. The molecule has 1 aliphatic rings. The zero-order valence-corrected chi connectivity index (χ0v) is 12.0. The van der Waals surface area contributed by atoms with Crippen LogP contribution in [0.25, 0.3) is 0 Å². The number of thioether (sulfide) groups is 1. The quantitative estimate of drug-likeness (QED) is 0.709. The molecule has 1 amide bonds. The second kappa shape index (κ2) is 7.26. The van der Waals surface area contributed by atoms with Crippen LogP contribution in [-0.2, 0) is 14.6 Å². The number of nitrogens with zero attached hydrogens (tertiary/aromatic N) is 1. The fourth-order valence-electron chi connectivity index (χ4n) is 1.78. The van der Waals surface area contributed by atoms with Gasteiger partial charge in [-0.1, -0.05) is 12.8 Å². The highest BCUT2D eigenvalue weighted by molar-refractivity contribution is 8.01. The van der Waals surface area contributed by atoms with E-state index in [4.69, 9.17) is 0 Å². The molecule has 0 aromatic rings. The highest BCUT2D eigenvalue weighted by atomic mass is 32.2. The summed E-state index contributed by atoms with van der Waals surface area (Å²) < 4.78 is 21.8. The summed E-state index contributed by atoms with van der Waals surface area (Å²) in [5, 5.41) is 0. The summed E-state index contributed by atoms with van der Waals surface area (Å²) in [5.41, 5.74) is 0. The average Bonchev–Trinajstić information content (AvgIpc) is 2.51. The molecule has 0 aromatic heterocycles. The van der Waals surface area contributed by atoms with Gasteiger partial charge in [-0.25, -0.2) is 8.42 Å². The summed E-state index contributed by atoms with van der Waals surface area (Å²) in [7, 11) is -2.90. The topological polar surface area (TPSA) is 54.5 Å². The van der Waals surface area contributed by atoms with Crippen LogP contribution < -0.4 is 0 Å². The molecule has 1 heterocycles. The Morgan fingerprint density at radius 2 is 1.76 bits per heavy atom. The van der Waals surface area contributed by atoms with Crippen molar-refractivity contribution < 1.29 is 13.2 Å². The standard InChI is InChI=1S/C11H21NO3S2/c1-17(14,15)9-8-16-10-11(13)12-6-4-2-3-5-7-12/h2-10H2,1H3. The Bertz CT molecular complexity index is 333. The third-order valence-corrected chi connectivity index (χ3v) is 4.93. The highest BCUT2D eigenvalue weighted by Crippen LogP contribution is 2.11. The largest absolute Gasteiger partial charge is 0.342 e. The Balaban J connectivity index is 2.19. The number of rotatable bonds is 5. The van der Waals surface area contributed by atoms with Crippen LogP contribution in [0.5, 0.6) is 0 Å². The molecule has 1 saturated heterocycles. The molecule has 0 bridgehead atoms. The van der Waals surface area contributed by atoms with Gasteiger partial charge in [0.15, 0.2) is 0 Å². The van der Waals surface area contributed by atoms with Gasteiger partial charge in [-0.05, 0) is 12.8 Å². The van der Waals surface area contributed by atoms with Crippen molar-refractivity contribution in [1.82, 2.24) is 4.90 Å². The smallest absolute Gasteiger partial charge is 0.232 e. The van der Waals surface area contributed by atoms with Crippen molar-refractivity contribution in [3.63, 3.8) is 0 Å². The van der Waals surface area contributed by atoms with Crippen LogP contribution in [0.1, 0.15) is 25.7 Å². The molecule has 4 nitrogen and oxygen atoms in total. The van der Waals surface area contributed by atoms with Crippen LogP contribution in [0.15, 0.2) is 0 Å². The third kappa shape index (κ3) is 6.93. The molecule has 1 aliphatic heterocycles. The van der Waals surface area contributed by atoms with Crippen LogP contribution >= 0.6 is 11.8 Å². The van der Waals surface area contributed by atoms with E-state index in [-0.39, 0.29) is 11.7 Å². The van der Waals surface area contributed by atoms with Gasteiger partial charge in [-0.15, -0.1) is 0 Å². The maximum absolute atomic E-state index is 11.8. The predicted molar refractivity (Wildman–Crippen MR) is 72.1 cm³/mol. The Morgan fingerprint density at radius 1 is 1.18 bits per heavy atom. The molecule has 1 rings (SSSR count). The first kappa shape index (κ1) is 14.8. The lowest BCUT2D eigenvalue weighted by atomic mass is 10.2. The molecule has 100 valence electrons. The predicted octanol–water partition coefficient (Wildman–Crippen LogP) is 1.17. The van der Waals surface area contributed by atoms with Gasteiger partial charge in [0.1, 0.15) is 9.84 Å². The minimum absolute atomic E-state index is 0.158. The van der Waals surface area contributed by atoms with Crippen molar-refractivity contribution in [2.75, 3.05) is 36.6 Å². The Kier molecular flexibility index (Phi) is 6.33. The molecule has 0 aliphatic carbocycles. The van der Waals surface area contributed by atoms with Crippen molar-refractivity contribution in [2.24, 2.45) is 0 Å². The van der Waals surface area contributed by atoms with E-state index in [0.29, 0.717) is 11.5 Å². The van der Waals surface area contributed by atoms with Gasteiger partial charge >= 0.3 is 0 Å². The number of sulfone groups is 1. The molecule has 0 atom stereocenters. The molecule has 0 N–H and O–H groups in total. The minimum Gasteiger partial charge on any atom is -0.342 e. The van der Waals surface area contributed by atoms with E-state index in [1.807, 2.05) is 4.90 Å². The van der Waals surface area contributed by atoms with Gasteiger partial charge in [0, 0.05) is 25.1 Å². The fourth-order valence-corrected chi connectivity index (χ4v) is 3.97. The van der Waals surface area contributed by atoms with E-state index >= 15 is 0 Å². The van der Waals surface area contributed by atoms with E-state index in [2.05, 4.69) is 0 Å². The van der Waals surface area contributed by atoms with Crippen molar-refractivity contribution in [1.29, 1.82) is 0 Å². The Hall–Kier alpha value is -0.230. The maximum atomic E-state index is 11.8. The molecule has 0 radical (unpaired) electrons. The van der Waals surface area contributed by atoms with E-state index in [9.17, 15) is 13.2 Å². The molecule has 0 saturated carbocycles. The summed E-state index contributed by atoms with van der Waals surface area (Å²) >= 11 is 1.42. The van der Waals surface area contributed by atoms with Gasteiger partial charge < -0.3 is 4.90 Å². The van der Waals surface area contributed by atoms with E-state index in [1.165, 1.54) is 30.9 Å². The molecule has 0 aromatic carbocycles. The van der Waals surface area contributed by atoms with Crippen LogP contribution in [0, 0.1) is 0 Å². The van der Waals surface area contributed by atoms with Gasteiger partial charge in [0.25, 0.3) is 0 Å². The van der Waals surface area contributed by atoms with Gasteiger partial charge in [-0.3, -0.25) is 4.79 Å². The first-order valence-electron chi connectivity index (χ1n) is 6.02. The molecule has 1 fully saturated rings. The number of amides is 1. The van der Waals surface area contributed by atoms with Crippen molar-refractivity contribution in [2.45, 2.75) is 25.7 Å². The fraction of sp³-hybridized carbons (Fsp3) is 0.909. The molecule has 0 unspecified atom stereocenters. The molecular formula is C11H21NO3S2. The number of likely N-dealkylation sites (tertiary alicyclic amines) is 1. The second-order valence-corrected chi connectivity index (χ2v) is 7.84. The van der Waals surface area contributed by atoms with Crippen LogP contribution in [0.2, 0.25) is 0 Å². The first-order valence-corrected chi connectivity index (χ1v) is 9.24. The van der Waals surface area contributed by atoms with E-state index in [1.54, 1.807) is 0 Å². The van der Waals surface area contributed by atoms with Crippen molar-refractivity contribution in [3.8, 4) is 0 Å². The zero-order chi connectivity index (χ0) is 12.7.